The lowest BCUT2D eigenvalue weighted by molar-refractivity contribution is 0.598. The summed E-state index contributed by atoms with van der Waals surface area (Å²) in [6.07, 6.45) is 0. The van der Waals surface area contributed by atoms with Crippen molar-refractivity contribution in [1.82, 2.24) is 4.98 Å². The van der Waals surface area contributed by atoms with Gasteiger partial charge in [0.25, 0.3) is 0 Å². The SMILES string of the molecule is Cc1ccc(-c2nc(N)sc2S(=O)(=O)c2ccc(Cl)cc2)cc1. The molecule has 2 aromatic carbocycles. The molecule has 0 bridgehead atoms. The first kappa shape index (κ1) is 16.0. The molecule has 0 radical (unpaired) electrons. The molecule has 2 N–H and O–H groups in total. The molecule has 0 unspecified atom stereocenters. The second-order valence-electron chi connectivity index (χ2n) is 5.01. The molecule has 3 aromatic rings. The second-order valence-corrected chi connectivity index (χ2v) is 8.62. The quantitative estimate of drug-likeness (QED) is 0.756. The Hall–Kier alpha value is -1.89. The Balaban J connectivity index is 2.16. The van der Waals surface area contributed by atoms with E-state index in [0.717, 1.165) is 22.5 Å². The molecule has 23 heavy (non-hydrogen) atoms. The Bertz CT molecular complexity index is 947. The van der Waals surface area contributed by atoms with Crippen molar-refractivity contribution in [3.05, 3.63) is 59.1 Å². The van der Waals surface area contributed by atoms with Crippen LogP contribution in [0.15, 0.2) is 57.6 Å². The van der Waals surface area contributed by atoms with Gasteiger partial charge in [0.2, 0.25) is 9.84 Å². The molecule has 3 rings (SSSR count). The van der Waals surface area contributed by atoms with Gasteiger partial charge in [-0.15, -0.1) is 0 Å². The number of nitrogen functional groups attached to an aromatic ring is 1. The number of halogens is 1. The molecule has 0 saturated heterocycles. The Morgan fingerprint density at radius 2 is 1.65 bits per heavy atom. The van der Waals surface area contributed by atoms with Crippen molar-refractivity contribution in [2.75, 3.05) is 5.73 Å². The fraction of sp³-hybridized carbons (Fsp3) is 0.0625. The first-order valence-electron chi connectivity index (χ1n) is 6.72. The smallest absolute Gasteiger partial charge is 0.218 e. The van der Waals surface area contributed by atoms with Crippen molar-refractivity contribution in [2.24, 2.45) is 0 Å². The Morgan fingerprint density at radius 1 is 1.04 bits per heavy atom. The fourth-order valence-corrected chi connectivity index (χ4v) is 4.94. The summed E-state index contributed by atoms with van der Waals surface area (Å²) in [5.74, 6) is 0. The Morgan fingerprint density at radius 3 is 2.26 bits per heavy atom. The van der Waals surface area contributed by atoms with Gasteiger partial charge in [-0.25, -0.2) is 13.4 Å². The van der Waals surface area contributed by atoms with Gasteiger partial charge >= 0.3 is 0 Å². The summed E-state index contributed by atoms with van der Waals surface area (Å²) in [4.78, 5) is 4.38. The van der Waals surface area contributed by atoms with Gasteiger partial charge in [0, 0.05) is 10.6 Å². The molecule has 0 saturated carbocycles. The number of hydrogen-bond donors (Lipinski definition) is 1. The summed E-state index contributed by atoms with van der Waals surface area (Å²) in [5, 5.41) is 0.694. The van der Waals surface area contributed by atoms with E-state index in [4.69, 9.17) is 17.3 Å². The topological polar surface area (TPSA) is 73.0 Å². The number of aryl methyl sites for hydroxylation is 1. The summed E-state index contributed by atoms with van der Waals surface area (Å²) in [7, 11) is -3.71. The van der Waals surface area contributed by atoms with Gasteiger partial charge in [0.15, 0.2) is 9.34 Å². The molecular weight excluding hydrogens is 352 g/mol. The molecule has 1 heterocycles. The van der Waals surface area contributed by atoms with E-state index in [1.165, 1.54) is 12.1 Å². The zero-order chi connectivity index (χ0) is 16.6. The van der Waals surface area contributed by atoms with Crippen LogP contribution in [0.25, 0.3) is 11.3 Å². The van der Waals surface area contributed by atoms with Gasteiger partial charge in [0.05, 0.1) is 4.90 Å². The van der Waals surface area contributed by atoms with Gasteiger partial charge in [0.1, 0.15) is 5.69 Å². The van der Waals surface area contributed by atoms with Gasteiger partial charge in [-0.1, -0.05) is 52.8 Å². The largest absolute Gasteiger partial charge is 0.375 e. The summed E-state index contributed by atoms with van der Waals surface area (Å²) in [6.45, 7) is 1.96. The van der Waals surface area contributed by atoms with E-state index in [0.29, 0.717) is 10.7 Å². The first-order valence-corrected chi connectivity index (χ1v) is 9.40. The maximum Gasteiger partial charge on any atom is 0.218 e. The molecule has 0 atom stereocenters. The van der Waals surface area contributed by atoms with Crippen LogP contribution >= 0.6 is 22.9 Å². The maximum atomic E-state index is 12.9. The standard InChI is InChI=1S/C16H13ClN2O2S2/c1-10-2-4-11(5-3-10)14-15(22-16(18)19-14)23(20,21)13-8-6-12(17)7-9-13/h2-9H,1H3,(H2,18,19). The zero-order valence-corrected chi connectivity index (χ0v) is 14.5. The third-order valence-electron chi connectivity index (χ3n) is 3.31. The van der Waals surface area contributed by atoms with Gasteiger partial charge in [-0.3, -0.25) is 0 Å². The molecule has 0 amide bonds. The highest BCUT2D eigenvalue weighted by molar-refractivity contribution is 7.93. The van der Waals surface area contributed by atoms with Gasteiger partial charge in [-0.05, 0) is 31.2 Å². The van der Waals surface area contributed by atoms with E-state index < -0.39 is 9.84 Å². The molecule has 1 aromatic heterocycles. The lowest BCUT2D eigenvalue weighted by Gasteiger charge is -2.05. The lowest BCUT2D eigenvalue weighted by Crippen LogP contribution is -2.01. The van der Waals surface area contributed by atoms with Crippen LogP contribution in [-0.4, -0.2) is 13.4 Å². The third-order valence-corrected chi connectivity index (χ3v) is 6.72. The number of hydrogen-bond acceptors (Lipinski definition) is 5. The monoisotopic (exact) mass is 364 g/mol. The average molecular weight is 365 g/mol. The van der Waals surface area contributed by atoms with Gasteiger partial charge in [-0.2, -0.15) is 0 Å². The number of thiazole rings is 1. The molecule has 0 aliphatic carbocycles. The summed E-state index contributed by atoms with van der Waals surface area (Å²) in [6, 6.07) is 13.5. The summed E-state index contributed by atoms with van der Waals surface area (Å²) in [5.41, 5.74) is 7.95. The van der Waals surface area contributed by atoms with Crippen LogP contribution in [0.2, 0.25) is 5.02 Å². The number of benzene rings is 2. The minimum absolute atomic E-state index is 0.140. The Labute approximate surface area is 143 Å². The van der Waals surface area contributed by atoms with Gasteiger partial charge < -0.3 is 5.73 Å². The van der Waals surface area contributed by atoms with E-state index >= 15 is 0 Å². The van der Waals surface area contributed by atoms with E-state index in [-0.39, 0.29) is 14.2 Å². The van der Waals surface area contributed by atoms with Crippen LogP contribution in [-0.2, 0) is 9.84 Å². The predicted octanol–water partition coefficient (Wildman–Crippen LogP) is 4.19. The van der Waals surface area contributed by atoms with Crippen molar-refractivity contribution < 1.29 is 8.42 Å². The highest BCUT2D eigenvalue weighted by Crippen LogP contribution is 2.37. The number of anilines is 1. The van der Waals surface area contributed by atoms with E-state index in [1.54, 1.807) is 12.1 Å². The van der Waals surface area contributed by atoms with Crippen molar-refractivity contribution >= 4 is 37.9 Å². The van der Waals surface area contributed by atoms with Crippen LogP contribution < -0.4 is 5.73 Å². The normalized spacial score (nSPS) is 11.6. The molecule has 118 valence electrons. The van der Waals surface area contributed by atoms with Crippen LogP contribution in [0, 0.1) is 6.92 Å². The van der Waals surface area contributed by atoms with E-state index in [1.807, 2.05) is 31.2 Å². The second kappa shape index (κ2) is 5.96. The fourth-order valence-electron chi connectivity index (χ4n) is 2.12. The minimum atomic E-state index is -3.71. The van der Waals surface area contributed by atoms with Crippen LogP contribution in [0.1, 0.15) is 5.56 Å². The third kappa shape index (κ3) is 3.10. The number of rotatable bonds is 3. The van der Waals surface area contributed by atoms with Crippen molar-refractivity contribution in [2.45, 2.75) is 16.0 Å². The molecule has 0 spiro atoms. The maximum absolute atomic E-state index is 12.9. The average Bonchev–Trinajstić information content (AvgIpc) is 2.91. The molecule has 7 heteroatoms. The minimum Gasteiger partial charge on any atom is -0.375 e. The number of nitrogens with zero attached hydrogens (tertiary/aromatic N) is 1. The van der Waals surface area contributed by atoms with Crippen molar-refractivity contribution in [3.8, 4) is 11.3 Å². The molecule has 0 fully saturated rings. The molecular formula is C16H13ClN2O2S2. The Kier molecular flexibility index (Phi) is 4.14. The predicted molar refractivity (Wildman–Crippen MR) is 93.6 cm³/mol. The van der Waals surface area contributed by atoms with E-state index in [2.05, 4.69) is 4.98 Å². The van der Waals surface area contributed by atoms with Crippen LogP contribution in [0.3, 0.4) is 0 Å². The highest BCUT2D eigenvalue weighted by atomic mass is 35.5. The summed E-state index contributed by atoms with van der Waals surface area (Å²) < 4.78 is 25.9. The molecule has 4 nitrogen and oxygen atoms in total. The van der Waals surface area contributed by atoms with E-state index in [9.17, 15) is 8.42 Å². The van der Waals surface area contributed by atoms with Crippen molar-refractivity contribution in [3.63, 3.8) is 0 Å². The molecule has 0 aliphatic rings. The van der Waals surface area contributed by atoms with Crippen LogP contribution in [0.5, 0.6) is 0 Å². The lowest BCUT2D eigenvalue weighted by atomic mass is 10.1. The van der Waals surface area contributed by atoms with Crippen molar-refractivity contribution in [1.29, 1.82) is 0 Å². The number of sulfone groups is 1. The first-order chi connectivity index (χ1) is 10.9. The van der Waals surface area contributed by atoms with Crippen LogP contribution in [0.4, 0.5) is 5.13 Å². The summed E-state index contributed by atoms with van der Waals surface area (Å²) >= 11 is 6.79. The molecule has 0 aliphatic heterocycles. The number of aromatic nitrogens is 1. The highest BCUT2D eigenvalue weighted by Gasteiger charge is 2.26. The zero-order valence-electron chi connectivity index (χ0n) is 12.2. The number of nitrogens with two attached hydrogens (primary N) is 1.